The number of hydrogen-bond acceptors (Lipinski definition) is 3. The van der Waals surface area contributed by atoms with Crippen LogP contribution in [0, 0.1) is 19.8 Å². The van der Waals surface area contributed by atoms with Crippen LogP contribution in [0.4, 0.5) is 0 Å². The van der Waals surface area contributed by atoms with Gasteiger partial charge in [0.15, 0.2) is 0 Å². The Labute approximate surface area is 143 Å². The van der Waals surface area contributed by atoms with Crippen LogP contribution in [0.2, 0.25) is 0 Å². The Bertz CT molecular complexity index is 689. The molecule has 1 N–H and O–H groups in total. The molecule has 1 aliphatic rings. The van der Waals surface area contributed by atoms with Crippen LogP contribution in [0.3, 0.4) is 0 Å². The van der Waals surface area contributed by atoms with E-state index in [1.54, 1.807) is 6.92 Å². The molecule has 1 atom stereocenters. The van der Waals surface area contributed by atoms with Gasteiger partial charge in [-0.2, -0.15) is 0 Å². The second kappa shape index (κ2) is 7.21. The molecule has 0 unspecified atom stereocenters. The fraction of sp³-hybridized carbons (Fsp3) is 0.556. The molecule has 130 valence electrons. The van der Waals surface area contributed by atoms with Crippen molar-refractivity contribution in [1.82, 2.24) is 19.1 Å². The summed E-state index contributed by atoms with van der Waals surface area (Å²) in [6, 6.07) is 2.19. The number of piperidine rings is 1. The van der Waals surface area contributed by atoms with E-state index >= 15 is 0 Å². The maximum absolute atomic E-state index is 11.4. The van der Waals surface area contributed by atoms with E-state index in [-0.39, 0.29) is 5.91 Å². The van der Waals surface area contributed by atoms with Gasteiger partial charge in [0.05, 0.1) is 6.33 Å². The average Bonchev–Trinajstić information content (AvgIpc) is 3.12. The van der Waals surface area contributed by atoms with E-state index in [1.807, 2.05) is 30.3 Å². The third kappa shape index (κ3) is 3.87. The lowest BCUT2D eigenvalue weighted by molar-refractivity contribution is -0.115. The smallest absolute Gasteiger partial charge is 0.235 e. The van der Waals surface area contributed by atoms with Crippen molar-refractivity contribution in [1.29, 1.82) is 0 Å². The molecule has 1 amide bonds. The summed E-state index contributed by atoms with van der Waals surface area (Å²) in [6.45, 7) is 9.90. The van der Waals surface area contributed by atoms with E-state index in [0.717, 1.165) is 37.6 Å². The first kappa shape index (κ1) is 16.8. The van der Waals surface area contributed by atoms with Crippen molar-refractivity contribution in [3.05, 3.63) is 41.7 Å². The zero-order chi connectivity index (χ0) is 17.1. The fourth-order valence-electron chi connectivity index (χ4n) is 3.70. The number of hydrogen-bond donors (Lipinski definition) is 1. The number of carbonyl (C=O) groups excluding carboxylic acids is 1. The number of rotatable bonds is 5. The number of nitrogens with one attached hydrogen (secondary N) is 1. The average molecular weight is 329 g/mol. The second-order valence-corrected chi connectivity index (χ2v) is 6.90. The fourth-order valence-corrected chi connectivity index (χ4v) is 3.70. The van der Waals surface area contributed by atoms with Gasteiger partial charge in [-0.15, -0.1) is 0 Å². The van der Waals surface area contributed by atoms with Crippen LogP contribution < -0.4 is 5.43 Å². The topological polar surface area (TPSA) is 55.1 Å². The molecule has 6 heteroatoms. The quantitative estimate of drug-likeness (QED) is 0.916. The molecule has 2 aromatic rings. The number of aryl methyl sites for hydroxylation is 1. The van der Waals surface area contributed by atoms with Crippen LogP contribution in [0.25, 0.3) is 0 Å². The van der Waals surface area contributed by atoms with Crippen LogP contribution in [-0.4, -0.2) is 38.1 Å². The van der Waals surface area contributed by atoms with E-state index in [2.05, 4.69) is 32.9 Å². The minimum Gasteiger partial charge on any atom is -0.337 e. The highest BCUT2D eigenvalue weighted by molar-refractivity contribution is 5.81. The van der Waals surface area contributed by atoms with Crippen LogP contribution in [-0.2, 0) is 17.9 Å². The van der Waals surface area contributed by atoms with Gasteiger partial charge in [-0.3, -0.25) is 19.8 Å². The van der Waals surface area contributed by atoms with Crippen molar-refractivity contribution in [2.75, 3.05) is 18.5 Å². The third-order valence-corrected chi connectivity index (χ3v) is 4.83. The Morgan fingerprint density at radius 1 is 1.42 bits per heavy atom. The first-order valence-electron chi connectivity index (χ1n) is 8.66. The summed E-state index contributed by atoms with van der Waals surface area (Å²) in [5.74, 6) is 0.633. The lowest BCUT2D eigenvalue weighted by atomic mass is 9.97. The highest BCUT2D eigenvalue weighted by Crippen LogP contribution is 2.22. The summed E-state index contributed by atoms with van der Waals surface area (Å²) in [5, 5.41) is 0. The molecule has 0 bridgehead atoms. The summed E-state index contributed by atoms with van der Waals surface area (Å²) in [5.41, 5.74) is 6.38. The monoisotopic (exact) mass is 329 g/mol. The number of nitrogens with zero attached hydrogens (tertiary/aromatic N) is 4. The lowest BCUT2D eigenvalue weighted by Gasteiger charge is -2.32. The molecule has 0 saturated carbocycles. The van der Waals surface area contributed by atoms with Crippen LogP contribution in [0.1, 0.15) is 36.7 Å². The molecule has 3 heterocycles. The standard InChI is InChI=1S/C18H27N5O/c1-14-9-18(15(2)23(14)20-16(3)24)12-21-7-4-5-17(10-21)11-22-8-6-19-13-22/h6,8-9,13,17H,4-5,7,10-12H2,1-3H3,(H,20,24)/t17-/m1/s1. The Morgan fingerprint density at radius 2 is 2.25 bits per heavy atom. The summed E-state index contributed by atoms with van der Waals surface area (Å²) < 4.78 is 4.07. The van der Waals surface area contributed by atoms with Crippen molar-refractivity contribution < 1.29 is 4.79 Å². The third-order valence-electron chi connectivity index (χ3n) is 4.83. The number of imidazole rings is 1. The maximum Gasteiger partial charge on any atom is 0.235 e. The first-order chi connectivity index (χ1) is 11.5. The molecule has 1 aliphatic heterocycles. The molecule has 0 aliphatic carbocycles. The first-order valence-corrected chi connectivity index (χ1v) is 8.66. The normalized spacial score (nSPS) is 18.7. The summed E-state index contributed by atoms with van der Waals surface area (Å²) in [7, 11) is 0. The van der Waals surface area contributed by atoms with E-state index in [1.165, 1.54) is 18.4 Å². The number of likely N-dealkylation sites (tertiary alicyclic amines) is 1. The van der Waals surface area contributed by atoms with E-state index in [0.29, 0.717) is 5.92 Å². The zero-order valence-corrected chi connectivity index (χ0v) is 14.8. The number of aromatic nitrogens is 3. The number of amides is 1. The van der Waals surface area contributed by atoms with E-state index in [4.69, 9.17) is 0 Å². The van der Waals surface area contributed by atoms with Crippen molar-refractivity contribution in [3.8, 4) is 0 Å². The summed E-state index contributed by atoms with van der Waals surface area (Å²) in [6.07, 6.45) is 8.31. The van der Waals surface area contributed by atoms with Gasteiger partial charge in [-0.25, -0.2) is 4.98 Å². The summed E-state index contributed by atoms with van der Waals surface area (Å²) in [4.78, 5) is 18.0. The molecule has 0 aromatic carbocycles. The molecule has 0 spiro atoms. The SMILES string of the molecule is CC(=O)Nn1c(C)cc(CN2CCC[C@@H](Cn3ccnc3)C2)c1C. The Morgan fingerprint density at radius 3 is 2.96 bits per heavy atom. The van der Waals surface area contributed by atoms with Gasteiger partial charge < -0.3 is 4.57 Å². The molecule has 24 heavy (non-hydrogen) atoms. The molecule has 2 aromatic heterocycles. The van der Waals surface area contributed by atoms with Gasteiger partial charge in [0.25, 0.3) is 0 Å². The van der Waals surface area contributed by atoms with Crippen LogP contribution in [0.5, 0.6) is 0 Å². The molecule has 1 fully saturated rings. The molecule has 6 nitrogen and oxygen atoms in total. The highest BCUT2D eigenvalue weighted by Gasteiger charge is 2.22. The van der Waals surface area contributed by atoms with Crippen molar-refractivity contribution in [3.63, 3.8) is 0 Å². The van der Waals surface area contributed by atoms with Crippen LogP contribution >= 0.6 is 0 Å². The Hall–Kier alpha value is -2.08. The van der Waals surface area contributed by atoms with Crippen LogP contribution in [0.15, 0.2) is 24.8 Å². The largest absolute Gasteiger partial charge is 0.337 e. The Balaban J connectivity index is 1.64. The van der Waals surface area contributed by atoms with Gasteiger partial charge in [0.2, 0.25) is 5.91 Å². The molecular weight excluding hydrogens is 302 g/mol. The predicted molar refractivity (Wildman–Crippen MR) is 94.2 cm³/mol. The van der Waals surface area contributed by atoms with Gasteiger partial charge in [0.1, 0.15) is 0 Å². The molecule has 0 radical (unpaired) electrons. The van der Waals surface area contributed by atoms with E-state index < -0.39 is 0 Å². The molecular formula is C18H27N5O. The molecule has 1 saturated heterocycles. The van der Waals surface area contributed by atoms with Gasteiger partial charge >= 0.3 is 0 Å². The van der Waals surface area contributed by atoms with E-state index in [9.17, 15) is 4.79 Å². The minimum absolute atomic E-state index is 0.0401. The minimum atomic E-state index is -0.0401. The Kier molecular flexibility index (Phi) is 5.04. The molecule has 3 rings (SSSR count). The predicted octanol–water partition coefficient (Wildman–Crippen LogP) is 2.30. The van der Waals surface area contributed by atoms with Crippen molar-refractivity contribution in [2.24, 2.45) is 5.92 Å². The van der Waals surface area contributed by atoms with Crippen molar-refractivity contribution >= 4 is 5.91 Å². The van der Waals surface area contributed by atoms with Gasteiger partial charge in [-0.05, 0) is 50.8 Å². The maximum atomic E-state index is 11.4. The van der Waals surface area contributed by atoms with Crippen molar-refractivity contribution in [2.45, 2.75) is 46.7 Å². The highest BCUT2D eigenvalue weighted by atomic mass is 16.2. The van der Waals surface area contributed by atoms with Gasteiger partial charge in [0, 0.05) is 50.3 Å². The van der Waals surface area contributed by atoms with Gasteiger partial charge in [-0.1, -0.05) is 0 Å². The summed E-state index contributed by atoms with van der Waals surface area (Å²) >= 11 is 0. The second-order valence-electron chi connectivity index (χ2n) is 6.90. The number of carbonyl (C=O) groups is 1. The zero-order valence-electron chi connectivity index (χ0n) is 14.8. The lowest BCUT2D eigenvalue weighted by Crippen LogP contribution is -2.36.